The summed E-state index contributed by atoms with van der Waals surface area (Å²) >= 11 is 0. The number of aryl methyl sites for hydroxylation is 1. The van der Waals surface area contributed by atoms with Gasteiger partial charge in [-0.05, 0) is 37.3 Å². The van der Waals surface area contributed by atoms with Crippen LogP contribution in [0, 0.1) is 0 Å². The average molecular weight is 284 g/mol. The molecule has 0 saturated carbocycles. The highest BCUT2D eigenvalue weighted by Crippen LogP contribution is 2.30. The second-order valence-electron chi connectivity index (χ2n) is 5.39. The molecule has 0 spiro atoms. The van der Waals surface area contributed by atoms with E-state index in [9.17, 15) is 4.79 Å². The van der Waals surface area contributed by atoms with Crippen LogP contribution < -0.4 is 0 Å². The van der Waals surface area contributed by atoms with E-state index in [0.717, 1.165) is 49.2 Å². The summed E-state index contributed by atoms with van der Waals surface area (Å²) in [5.74, 6) is 0.894. The Morgan fingerprint density at radius 2 is 2.24 bits per heavy atom. The van der Waals surface area contributed by atoms with E-state index in [4.69, 9.17) is 0 Å². The molecule has 1 aromatic carbocycles. The molecule has 1 aliphatic heterocycles. The van der Waals surface area contributed by atoms with Crippen LogP contribution in [0.25, 0.3) is 0 Å². The molecule has 0 radical (unpaired) electrons. The Morgan fingerprint density at radius 3 is 3.00 bits per heavy atom. The molecule has 5 nitrogen and oxygen atoms in total. The quantitative estimate of drug-likeness (QED) is 0.942. The number of benzene rings is 1. The van der Waals surface area contributed by atoms with Crippen LogP contribution in [-0.2, 0) is 6.42 Å². The van der Waals surface area contributed by atoms with Crippen molar-refractivity contribution in [2.75, 3.05) is 6.54 Å². The maximum absolute atomic E-state index is 12.9. The van der Waals surface area contributed by atoms with Gasteiger partial charge in [0.2, 0.25) is 0 Å². The van der Waals surface area contributed by atoms with E-state index in [1.54, 1.807) is 0 Å². The van der Waals surface area contributed by atoms with E-state index in [1.165, 1.54) is 6.33 Å². The number of likely N-dealkylation sites (tertiary alicyclic amines) is 1. The molecule has 1 fully saturated rings. The van der Waals surface area contributed by atoms with Crippen LogP contribution in [0.2, 0.25) is 0 Å². The summed E-state index contributed by atoms with van der Waals surface area (Å²) in [6.07, 6.45) is 5.47. The molecule has 5 heteroatoms. The fraction of sp³-hybridized carbons (Fsp3) is 0.438. The van der Waals surface area contributed by atoms with Gasteiger partial charge in [-0.2, -0.15) is 5.10 Å². The molecule has 2 aromatic rings. The molecule has 1 aliphatic rings. The van der Waals surface area contributed by atoms with Crippen molar-refractivity contribution in [2.24, 2.45) is 0 Å². The number of carbonyl (C=O) groups excluding carboxylic acids is 1. The molecule has 0 unspecified atom stereocenters. The molecule has 1 aromatic heterocycles. The standard InChI is InChI=1S/C16H20N4O/c1-2-12-7-3-4-8-13(12)16(21)20-10-6-5-9-14(20)15-17-11-18-19-15/h3-4,7-8,11,14H,2,5-6,9-10H2,1H3,(H,17,18,19)/t14-/m1/s1. The van der Waals surface area contributed by atoms with Gasteiger partial charge in [0.1, 0.15) is 12.2 Å². The maximum Gasteiger partial charge on any atom is 0.254 e. The maximum atomic E-state index is 12.9. The van der Waals surface area contributed by atoms with Crippen molar-refractivity contribution in [2.45, 2.75) is 38.6 Å². The number of hydrogen-bond acceptors (Lipinski definition) is 3. The third-order valence-corrected chi connectivity index (χ3v) is 4.14. The second-order valence-corrected chi connectivity index (χ2v) is 5.39. The van der Waals surface area contributed by atoms with Crippen molar-refractivity contribution in [3.8, 4) is 0 Å². The van der Waals surface area contributed by atoms with Gasteiger partial charge in [-0.25, -0.2) is 4.98 Å². The molecule has 2 heterocycles. The number of piperidine rings is 1. The fourth-order valence-electron chi connectivity index (χ4n) is 3.03. The van der Waals surface area contributed by atoms with E-state index >= 15 is 0 Å². The highest BCUT2D eigenvalue weighted by Gasteiger charge is 2.31. The van der Waals surface area contributed by atoms with Crippen molar-refractivity contribution < 1.29 is 4.79 Å². The fourth-order valence-corrected chi connectivity index (χ4v) is 3.03. The zero-order chi connectivity index (χ0) is 14.7. The summed E-state index contributed by atoms with van der Waals surface area (Å²) in [5.41, 5.74) is 1.91. The Hall–Kier alpha value is -2.17. The monoisotopic (exact) mass is 284 g/mol. The summed E-state index contributed by atoms with van der Waals surface area (Å²) in [7, 11) is 0. The molecule has 110 valence electrons. The second kappa shape index (κ2) is 6.08. The number of carbonyl (C=O) groups is 1. The molecule has 0 aliphatic carbocycles. The minimum absolute atomic E-state index is 0.0127. The first kappa shape index (κ1) is 13.8. The number of rotatable bonds is 3. The molecule has 1 saturated heterocycles. The molecule has 0 bridgehead atoms. The van der Waals surface area contributed by atoms with Crippen LogP contribution in [-0.4, -0.2) is 32.5 Å². The van der Waals surface area contributed by atoms with E-state index in [1.807, 2.05) is 29.2 Å². The van der Waals surface area contributed by atoms with Crippen molar-refractivity contribution in [3.05, 3.63) is 47.5 Å². The van der Waals surface area contributed by atoms with Gasteiger partial charge in [0.25, 0.3) is 5.91 Å². The molecule has 21 heavy (non-hydrogen) atoms. The first-order valence-corrected chi connectivity index (χ1v) is 7.55. The highest BCUT2D eigenvalue weighted by atomic mass is 16.2. The summed E-state index contributed by atoms with van der Waals surface area (Å²) < 4.78 is 0. The Balaban J connectivity index is 1.91. The Bertz CT molecular complexity index is 608. The minimum atomic E-state index is 0.0127. The molecule has 1 atom stereocenters. The predicted octanol–water partition coefficient (Wildman–Crippen LogP) is 2.73. The summed E-state index contributed by atoms with van der Waals surface area (Å²) in [6, 6.07) is 7.88. The summed E-state index contributed by atoms with van der Waals surface area (Å²) in [6.45, 7) is 2.86. The lowest BCUT2D eigenvalue weighted by atomic mass is 9.98. The third kappa shape index (κ3) is 2.68. The van der Waals surface area contributed by atoms with Gasteiger partial charge in [0.15, 0.2) is 0 Å². The van der Waals surface area contributed by atoms with Gasteiger partial charge in [-0.3, -0.25) is 9.89 Å². The Morgan fingerprint density at radius 1 is 1.38 bits per heavy atom. The van der Waals surface area contributed by atoms with Crippen LogP contribution in [0.15, 0.2) is 30.6 Å². The number of amides is 1. The number of aromatic amines is 1. The van der Waals surface area contributed by atoms with Gasteiger partial charge >= 0.3 is 0 Å². The number of nitrogens with one attached hydrogen (secondary N) is 1. The predicted molar refractivity (Wildman–Crippen MR) is 79.8 cm³/mol. The van der Waals surface area contributed by atoms with Gasteiger partial charge in [-0.15, -0.1) is 0 Å². The Kier molecular flexibility index (Phi) is 3.99. The zero-order valence-electron chi connectivity index (χ0n) is 12.2. The molecule has 1 N–H and O–H groups in total. The molecule has 3 rings (SSSR count). The third-order valence-electron chi connectivity index (χ3n) is 4.14. The van der Waals surface area contributed by atoms with Crippen LogP contribution >= 0.6 is 0 Å². The Labute approximate surface area is 124 Å². The van der Waals surface area contributed by atoms with Gasteiger partial charge in [0.05, 0.1) is 6.04 Å². The minimum Gasteiger partial charge on any atom is -0.328 e. The van der Waals surface area contributed by atoms with Crippen molar-refractivity contribution in [1.82, 2.24) is 20.1 Å². The van der Waals surface area contributed by atoms with Crippen molar-refractivity contribution >= 4 is 5.91 Å². The van der Waals surface area contributed by atoms with Crippen LogP contribution in [0.5, 0.6) is 0 Å². The van der Waals surface area contributed by atoms with E-state index < -0.39 is 0 Å². The summed E-state index contributed by atoms with van der Waals surface area (Å²) in [5, 5.41) is 6.84. The van der Waals surface area contributed by atoms with E-state index in [-0.39, 0.29) is 11.9 Å². The lowest BCUT2D eigenvalue weighted by molar-refractivity contribution is 0.0599. The molecular weight excluding hydrogens is 264 g/mol. The lowest BCUT2D eigenvalue weighted by Gasteiger charge is -2.34. The van der Waals surface area contributed by atoms with Gasteiger partial charge < -0.3 is 4.90 Å². The SMILES string of the molecule is CCc1ccccc1C(=O)N1CCCC[C@@H]1c1ncn[nH]1. The smallest absolute Gasteiger partial charge is 0.254 e. The van der Waals surface area contributed by atoms with Crippen LogP contribution in [0.4, 0.5) is 0 Å². The van der Waals surface area contributed by atoms with Crippen LogP contribution in [0.3, 0.4) is 0 Å². The number of hydrogen-bond donors (Lipinski definition) is 1. The van der Waals surface area contributed by atoms with Crippen molar-refractivity contribution in [1.29, 1.82) is 0 Å². The number of nitrogens with zero attached hydrogens (tertiary/aromatic N) is 3. The summed E-state index contributed by atoms with van der Waals surface area (Å²) in [4.78, 5) is 19.1. The molecular formula is C16H20N4O. The van der Waals surface area contributed by atoms with E-state index in [2.05, 4.69) is 22.1 Å². The normalized spacial score (nSPS) is 18.7. The molecule has 1 amide bonds. The lowest BCUT2D eigenvalue weighted by Crippen LogP contribution is -2.39. The first-order valence-electron chi connectivity index (χ1n) is 7.55. The highest BCUT2D eigenvalue weighted by molar-refractivity contribution is 5.96. The van der Waals surface area contributed by atoms with Crippen LogP contribution in [0.1, 0.15) is 54.0 Å². The topological polar surface area (TPSA) is 61.9 Å². The largest absolute Gasteiger partial charge is 0.328 e. The van der Waals surface area contributed by atoms with Crippen molar-refractivity contribution in [3.63, 3.8) is 0 Å². The first-order chi connectivity index (χ1) is 10.3. The van der Waals surface area contributed by atoms with E-state index in [0.29, 0.717) is 0 Å². The average Bonchev–Trinajstić information content (AvgIpc) is 3.08. The van der Waals surface area contributed by atoms with Gasteiger partial charge in [0, 0.05) is 12.1 Å². The number of H-pyrrole nitrogens is 1. The number of aromatic nitrogens is 3. The zero-order valence-corrected chi connectivity index (χ0v) is 12.2. The van der Waals surface area contributed by atoms with Gasteiger partial charge in [-0.1, -0.05) is 25.1 Å².